The molecule has 0 N–H and O–H groups in total. The van der Waals surface area contributed by atoms with Crippen molar-refractivity contribution in [3.63, 3.8) is 0 Å². The smallest absolute Gasteiger partial charge is 0.202 e. The van der Waals surface area contributed by atoms with Gasteiger partial charge in [0.1, 0.15) is 6.17 Å². The molecule has 1 saturated heterocycles. The standard InChI is InChI=1S/C15H19N5/c1-15(12-16)14(19-10-6-3-7-11-19)20(18-17-15)13-8-4-2-5-9-13/h2,4-5,8-9,14H,3,6-7,10-11H2,1H3/t14-,15-/m1/s1. The molecule has 0 spiro atoms. The zero-order chi connectivity index (χ0) is 14.0. The maximum absolute atomic E-state index is 9.53. The van der Waals surface area contributed by atoms with Gasteiger partial charge in [0.15, 0.2) is 0 Å². The van der Waals surface area contributed by atoms with E-state index in [4.69, 9.17) is 0 Å². The second-order valence-electron chi connectivity index (χ2n) is 5.60. The van der Waals surface area contributed by atoms with Crippen LogP contribution in [0.4, 0.5) is 5.69 Å². The third kappa shape index (κ3) is 2.16. The van der Waals surface area contributed by atoms with Crippen LogP contribution in [0.3, 0.4) is 0 Å². The molecular formula is C15H19N5. The van der Waals surface area contributed by atoms with Gasteiger partial charge in [0.25, 0.3) is 0 Å². The zero-order valence-electron chi connectivity index (χ0n) is 11.7. The molecule has 20 heavy (non-hydrogen) atoms. The first kappa shape index (κ1) is 13.1. The Balaban J connectivity index is 1.93. The van der Waals surface area contributed by atoms with E-state index in [-0.39, 0.29) is 6.17 Å². The van der Waals surface area contributed by atoms with E-state index in [1.54, 1.807) is 0 Å². The largest absolute Gasteiger partial charge is 0.279 e. The molecule has 0 radical (unpaired) electrons. The van der Waals surface area contributed by atoms with Gasteiger partial charge in [-0.2, -0.15) is 5.26 Å². The average Bonchev–Trinajstić information content (AvgIpc) is 2.87. The molecule has 104 valence electrons. The number of likely N-dealkylation sites (tertiary alicyclic amines) is 1. The molecule has 0 aliphatic carbocycles. The van der Waals surface area contributed by atoms with E-state index in [2.05, 4.69) is 21.3 Å². The fourth-order valence-electron chi connectivity index (χ4n) is 3.01. The molecule has 0 aromatic heterocycles. The lowest BCUT2D eigenvalue weighted by molar-refractivity contribution is 0.137. The summed E-state index contributed by atoms with van der Waals surface area (Å²) in [5.41, 5.74) is 0.193. The van der Waals surface area contributed by atoms with Crippen LogP contribution in [0.25, 0.3) is 0 Å². The summed E-state index contributed by atoms with van der Waals surface area (Å²) in [4.78, 5) is 2.35. The van der Waals surface area contributed by atoms with Gasteiger partial charge < -0.3 is 0 Å². The van der Waals surface area contributed by atoms with Crippen LogP contribution < -0.4 is 5.01 Å². The summed E-state index contributed by atoms with van der Waals surface area (Å²) >= 11 is 0. The van der Waals surface area contributed by atoms with Crippen LogP contribution in [0.2, 0.25) is 0 Å². The molecule has 3 rings (SSSR count). The summed E-state index contributed by atoms with van der Waals surface area (Å²) in [6, 6.07) is 12.3. The monoisotopic (exact) mass is 269 g/mol. The minimum atomic E-state index is -0.798. The Kier molecular flexibility index (Phi) is 3.41. The Hall–Kier alpha value is -1.93. The van der Waals surface area contributed by atoms with Crippen molar-refractivity contribution in [3.05, 3.63) is 30.3 Å². The topological polar surface area (TPSA) is 55.0 Å². The van der Waals surface area contributed by atoms with E-state index < -0.39 is 5.54 Å². The van der Waals surface area contributed by atoms with Crippen molar-refractivity contribution in [2.45, 2.75) is 37.9 Å². The number of rotatable bonds is 2. The molecule has 1 fully saturated rings. The molecule has 0 bridgehead atoms. The molecule has 2 atom stereocenters. The Morgan fingerprint density at radius 2 is 1.90 bits per heavy atom. The first-order valence-electron chi connectivity index (χ1n) is 7.17. The maximum Gasteiger partial charge on any atom is 0.202 e. The van der Waals surface area contributed by atoms with Crippen LogP contribution in [-0.2, 0) is 0 Å². The lowest BCUT2D eigenvalue weighted by Gasteiger charge is -2.39. The first-order valence-corrected chi connectivity index (χ1v) is 7.17. The highest BCUT2D eigenvalue weighted by molar-refractivity contribution is 5.48. The van der Waals surface area contributed by atoms with Gasteiger partial charge in [-0.3, -0.25) is 4.90 Å². The summed E-state index contributed by atoms with van der Waals surface area (Å²) in [6.07, 6.45) is 3.53. The number of hydrogen-bond donors (Lipinski definition) is 0. The predicted molar refractivity (Wildman–Crippen MR) is 77.0 cm³/mol. The predicted octanol–water partition coefficient (Wildman–Crippen LogP) is 2.97. The van der Waals surface area contributed by atoms with Crippen molar-refractivity contribution < 1.29 is 0 Å². The zero-order valence-corrected chi connectivity index (χ0v) is 11.7. The Morgan fingerprint density at radius 1 is 1.20 bits per heavy atom. The first-order chi connectivity index (χ1) is 9.74. The number of nitriles is 1. The van der Waals surface area contributed by atoms with Gasteiger partial charge in [0, 0.05) is 13.1 Å². The van der Waals surface area contributed by atoms with E-state index in [1.165, 1.54) is 19.3 Å². The summed E-state index contributed by atoms with van der Waals surface area (Å²) < 4.78 is 0. The molecular weight excluding hydrogens is 250 g/mol. The van der Waals surface area contributed by atoms with Crippen LogP contribution in [0.15, 0.2) is 40.7 Å². The van der Waals surface area contributed by atoms with E-state index in [0.717, 1.165) is 18.8 Å². The van der Waals surface area contributed by atoms with Crippen LogP contribution in [-0.4, -0.2) is 29.7 Å². The number of nitrogens with zero attached hydrogens (tertiary/aromatic N) is 5. The van der Waals surface area contributed by atoms with Crippen molar-refractivity contribution in [2.24, 2.45) is 10.3 Å². The van der Waals surface area contributed by atoms with Crippen LogP contribution >= 0.6 is 0 Å². The van der Waals surface area contributed by atoms with Gasteiger partial charge in [-0.15, -0.1) is 5.11 Å². The van der Waals surface area contributed by atoms with Crippen molar-refractivity contribution >= 4 is 5.69 Å². The van der Waals surface area contributed by atoms with Crippen molar-refractivity contribution in [1.29, 1.82) is 5.26 Å². The number of piperidine rings is 1. The Bertz CT molecular complexity index is 529. The second-order valence-corrected chi connectivity index (χ2v) is 5.60. The highest BCUT2D eigenvalue weighted by Gasteiger charge is 2.48. The average molecular weight is 269 g/mol. The van der Waals surface area contributed by atoms with Crippen LogP contribution in [0.5, 0.6) is 0 Å². The van der Waals surface area contributed by atoms with Gasteiger partial charge in [-0.25, -0.2) is 5.01 Å². The number of benzene rings is 1. The van der Waals surface area contributed by atoms with E-state index >= 15 is 0 Å². The third-order valence-electron chi connectivity index (χ3n) is 4.07. The fourth-order valence-corrected chi connectivity index (χ4v) is 3.01. The van der Waals surface area contributed by atoms with E-state index in [0.29, 0.717) is 0 Å². The van der Waals surface area contributed by atoms with Gasteiger partial charge in [0.05, 0.1) is 11.8 Å². The van der Waals surface area contributed by atoms with Gasteiger partial charge >= 0.3 is 0 Å². The summed E-state index contributed by atoms with van der Waals surface area (Å²) in [5.74, 6) is 0. The highest BCUT2D eigenvalue weighted by Crippen LogP contribution is 2.35. The number of hydrogen-bond acceptors (Lipinski definition) is 5. The highest BCUT2D eigenvalue weighted by atomic mass is 15.7. The molecule has 2 heterocycles. The van der Waals surface area contributed by atoms with E-state index in [1.807, 2.05) is 42.3 Å². The summed E-state index contributed by atoms with van der Waals surface area (Å²) in [7, 11) is 0. The fraction of sp³-hybridized carbons (Fsp3) is 0.533. The Labute approximate surface area is 119 Å². The molecule has 1 aromatic carbocycles. The van der Waals surface area contributed by atoms with Gasteiger partial charge in [0.2, 0.25) is 5.54 Å². The van der Waals surface area contributed by atoms with Crippen LogP contribution in [0, 0.1) is 11.3 Å². The number of anilines is 1. The molecule has 5 nitrogen and oxygen atoms in total. The lowest BCUT2D eigenvalue weighted by Crippen LogP contribution is -2.56. The molecule has 0 unspecified atom stereocenters. The van der Waals surface area contributed by atoms with Gasteiger partial charge in [-0.05, 0) is 31.9 Å². The minimum absolute atomic E-state index is 0.102. The molecule has 0 amide bonds. The molecule has 2 aliphatic rings. The summed E-state index contributed by atoms with van der Waals surface area (Å²) in [6.45, 7) is 3.89. The molecule has 2 aliphatic heterocycles. The number of para-hydroxylation sites is 1. The molecule has 5 heteroatoms. The van der Waals surface area contributed by atoms with Gasteiger partial charge in [-0.1, -0.05) is 29.8 Å². The second kappa shape index (κ2) is 5.22. The van der Waals surface area contributed by atoms with Crippen molar-refractivity contribution in [1.82, 2.24) is 4.90 Å². The SMILES string of the molecule is C[C@]1(C#N)N=NN(c2ccccc2)[C@H]1N1CCCCC1. The molecule has 1 aromatic rings. The van der Waals surface area contributed by atoms with Crippen molar-refractivity contribution in [3.8, 4) is 6.07 Å². The minimum Gasteiger partial charge on any atom is -0.279 e. The Morgan fingerprint density at radius 3 is 2.55 bits per heavy atom. The molecule has 0 saturated carbocycles. The van der Waals surface area contributed by atoms with E-state index in [9.17, 15) is 5.26 Å². The lowest BCUT2D eigenvalue weighted by atomic mass is 9.97. The van der Waals surface area contributed by atoms with Crippen molar-refractivity contribution in [2.75, 3.05) is 18.1 Å². The summed E-state index contributed by atoms with van der Waals surface area (Å²) in [5, 5.41) is 20.0. The quantitative estimate of drug-likeness (QED) is 0.829. The normalized spacial score (nSPS) is 30.4. The maximum atomic E-state index is 9.53. The van der Waals surface area contributed by atoms with Crippen LogP contribution in [0.1, 0.15) is 26.2 Å². The third-order valence-corrected chi connectivity index (χ3v) is 4.07.